The monoisotopic (exact) mass is 328 g/mol. The summed E-state index contributed by atoms with van der Waals surface area (Å²) in [7, 11) is 0. The van der Waals surface area contributed by atoms with Crippen LogP contribution in [0, 0.1) is 0 Å². The molecule has 0 saturated carbocycles. The average molecular weight is 328 g/mol. The van der Waals surface area contributed by atoms with E-state index < -0.39 is 0 Å². The first kappa shape index (κ1) is 13.1. The largest absolute Gasteiger partial charge is 0.0795 e. The van der Waals surface area contributed by atoms with Crippen LogP contribution in [0.5, 0.6) is 0 Å². The fourth-order valence-electron chi connectivity index (χ4n) is 5.37. The van der Waals surface area contributed by atoms with Gasteiger partial charge in [-0.25, -0.2) is 0 Å². The fourth-order valence-corrected chi connectivity index (χ4v) is 5.37. The van der Waals surface area contributed by atoms with Gasteiger partial charge in [0, 0.05) is 0 Å². The highest BCUT2D eigenvalue weighted by atomic mass is 14.3. The second-order valence-corrected chi connectivity index (χ2v) is 7.65. The van der Waals surface area contributed by atoms with Crippen molar-refractivity contribution in [1.29, 1.82) is 0 Å². The summed E-state index contributed by atoms with van der Waals surface area (Å²) in [6.07, 6.45) is 9.17. The van der Waals surface area contributed by atoms with Gasteiger partial charge in [-0.3, -0.25) is 0 Å². The minimum Gasteiger partial charge on any atom is -0.0795 e. The lowest BCUT2D eigenvalue weighted by molar-refractivity contribution is 1.25. The molecular weight excluding hydrogens is 312 g/mol. The molecule has 0 aliphatic heterocycles. The Hall–Kier alpha value is -3.12. The van der Waals surface area contributed by atoms with Crippen molar-refractivity contribution in [2.45, 2.75) is 12.8 Å². The molecule has 0 amide bonds. The summed E-state index contributed by atoms with van der Waals surface area (Å²) in [6.45, 7) is 0. The first-order chi connectivity index (χ1) is 12.9. The predicted octanol–water partition coefficient (Wildman–Crippen LogP) is 7.09. The molecule has 0 N–H and O–H groups in total. The molecular formula is C26H16. The maximum Gasteiger partial charge on any atom is -0.00175 e. The van der Waals surface area contributed by atoms with Gasteiger partial charge in [0.05, 0.1) is 0 Å². The molecule has 26 heavy (non-hydrogen) atoms. The third-order valence-corrected chi connectivity index (χ3v) is 6.44. The lowest BCUT2D eigenvalue weighted by atomic mass is 9.78. The van der Waals surface area contributed by atoms with Crippen molar-refractivity contribution in [2.24, 2.45) is 0 Å². The van der Waals surface area contributed by atoms with Crippen molar-refractivity contribution >= 4 is 54.7 Å². The zero-order chi connectivity index (χ0) is 16.8. The summed E-state index contributed by atoms with van der Waals surface area (Å²) in [6, 6.07) is 20.6. The molecule has 0 aromatic heterocycles. The van der Waals surface area contributed by atoms with Crippen LogP contribution in [0.15, 0.2) is 66.7 Å². The van der Waals surface area contributed by atoms with Gasteiger partial charge < -0.3 is 0 Å². The standard InChI is InChI=1S/C26H16/c1-3-15-7-11-19-21-13-9-17-5-2-6-18-10-14-22(26(21)24(17)18)20-12-8-16(4-1)23(15)25(19)20/h1-5,7-13H,6,14H2. The van der Waals surface area contributed by atoms with E-state index in [1.807, 2.05) is 0 Å². The van der Waals surface area contributed by atoms with Gasteiger partial charge in [0.15, 0.2) is 0 Å². The van der Waals surface area contributed by atoms with Crippen LogP contribution in [0.25, 0.3) is 54.7 Å². The number of benzene rings is 5. The Balaban J connectivity index is 1.85. The van der Waals surface area contributed by atoms with E-state index in [1.165, 1.54) is 65.4 Å². The van der Waals surface area contributed by atoms with E-state index >= 15 is 0 Å². The summed E-state index contributed by atoms with van der Waals surface area (Å²) in [5, 5.41) is 11.3. The van der Waals surface area contributed by atoms with E-state index in [-0.39, 0.29) is 0 Å². The Bertz CT molecular complexity index is 1440. The summed E-state index contributed by atoms with van der Waals surface area (Å²) in [4.78, 5) is 0. The lowest BCUT2D eigenvalue weighted by Gasteiger charge is -2.26. The smallest absolute Gasteiger partial charge is 0.00175 e. The molecule has 5 aromatic carbocycles. The third kappa shape index (κ3) is 1.40. The Morgan fingerprint density at radius 1 is 0.615 bits per heavy atom. The highest BCUT2D eigenvalue weighted by Gasteiger charge is 2.23. The summed E-state index contributed by atoms with van der Waals surface area (Å²) >= 11 is 0. The SMILES string of the molecule is C1=Cc2ccc3c4c2C(=CCc4c2ccc4cccc5ccc3c2c45)C1. The average Bonchev–Trinajstić information content (AvgIpc) is 2.70. The zero-order valence-electron chi connectivity index (χ0n) is 14.3. The van der Waals surface area contributed by atoms with E-state index in [4.69, 9.17) is 0 Å². The predicted molar refractivity (Wildman–Crippen MR) is 113 cm³/mol. The second kappa shape index (κ2) is 4.34. The van der Waals surface area contributed by atoms with E-state index in [0.29, 0.717) is 0 Å². The van der Waals surface area contributed by atoms with Crippen molar-refractivity contribution < 1.29 is 0 Å². The minimum absolute atomic E-state index is 1.05. The molecule has 120 valence electrons. The maximum atomic E-state index is 2.46. The van der Waals surface area contributed by atoms with Crippen LogP contribution >= 0.6 is 0 Å². The van der Waals surface area contributed by atoms with Crippen molar-refractivity contribution in [2.75, 3.05) is 0 Å². The Kier molecular flexibility index (Phi) is 2.19. The van der Waals surface area contributed by atoms with Crippen LogP contribution in [0.4, 0.5) is 0 Å². The van der Waals surface area contributed by atoms with Crippen molar-refractivity contribution in [3.63, 3.8) is 0 Å². The molecule has 2 aliphatic carbocycles. The Labute approximate surface area is 151 Å². The van der Waals surface area contributed by atoms with Gasteiger partial charge >= 0.3 is 0 Å². The van der Waals surface area contributed by atoms with Gasteiger partial charge in [-0.15, -0.1) is 0 Å². The van der Waals surface area contributed by atoms with Gasteiger partial charge in [-0.05, 0) is 78.2 Å². The van der Waals surface area contributed by atoms with E-state index in [2.05, 4.69) is 72.8 Å². The molecule has 0 bridgehead atoms. The first-order valence-corrected chi connectivity index (χ1v) is 9.41. The molecule has 7 rings (SSSR count). The topological polar surface area (TPSA) is 0 Å². The molecule has 0 heterocycles. The number of allylic oxidation sites excluding steroid dienone is 3. The van der Waals surface area contributed by atoms with E-state index in [0.717, 1.165) is 12.8 Å². The third-order valence-electron chi connectivity index (χ3n) is 6.44. The first-order valence-electron chi connectivity index (χ1n) is 9.41. The van der Waals surface area contributed by atoms with Gasteiger partial charge in [-0.2, -0.15) is 0 Å². The number of hydrogen-bond acceptors (Lipinski definition) is 0. The molecule has 2 aliphatic rings. The van der Waals surface area contributed by atoms with Gasteiger partial charge in [0.2, 0.25) is 0 Å². The fraction of sp³-hybridized carbons (Fsp3) is 0.0769. The Morgan fingerprint density at radius 3 is 2.27 bits per heavy atom. The van der Waals surface area contributed by atoms with E-state index in [1.54, 1.807) is 0 Å². The van der Waals surface area contributed by atoms with Crippen LogP contribution in [0.2, 0.25) is 0 Å². The lowest BCUT2D eigenvalue weighted by Crippen LogP contribution is -2.04. The van der Waals surface area contributed by atoms with Crippen LogP contribution in [-0.4, -0.2) is 0 Å². The molecule has 0 spiro atoms. The molecule has 0 unspecified atom stereocenters. The molecule has 0 atom stereocenters. The quantitative estimate of drug-likeness (QED) is 0.210. The second-order valence-electron chi connectivity index (χ2n) is 7.65. The molecule has 0 nitrogen and oxygen atoms in total. The molecule has 0 fully saturated rings. The molecule has 0 saturated heterocycles. The van der Waals surface area contributed by atoms with Crippen molar-refractivity contribution in [1.82, 2.24) is 0 Å². The number of rotatable bonds is 0. The molecule has 0 radical (unpaired) electrons. The summed E-state index contributed by atoms with van der Waals surface area (Å²) in [5.41, 5.74) is 5.88. The maximum absolute atomic E-state index is 2.46. The van der Waals surface area contributed by atoms with Crippen molar-refractivity contribution in [3.8, 4) is 0 Å². The molecule has 0 heteroatoms. The van der Waals surface area contributed by atoms with Crippen LogP contribution in [0.3, 0.4) is 0 Å². The summed E-state index contributed by atoms with van der Waals surface area (Å²) in [5.74, 6) is 0. The Morgan fingerprint density at radius 2 is 1.38 bits per heavy atom. The van der Waals surface area contributed by atoms with Crippen LogP contribution in [0.1, 0.15) is 23.1 Å². The number of fused-ring (bicyclic) bond motifs is 2. The zero-order valence-corrected chi connectivity index (χ0v) is 14.3. The van der Waals surface area contributed by atoms with Crippen LogP contribution < -0.4 is 0 Å². The van der Waals surface area contributed by atoms with Gasteiger partial charge in [0.1, 0.15) is 0 Å². The highest BCUT2D eigenvalue weighted by molar-refractivity contribution is 6.31. The van der Waals surface area contributed by atoms with Crippen LogP contribution in [-0.2, 0) is 6.42 Å². The molecule has 5 aromatic rings. The minimum atomic E-state index is 1.05. The van der Waals surface area contributed by atoms with Gasteiger partial charge in [-0.1, -0.05) is 72.8 Å². The number of hydrogen-bond donors (Lipinski definition) is 0. The normalized spacial score (nSPS) is 15.5. The highest BCUT2D eigenvalue weighted by Crippen LogP contribution is 2.47. The van der Waals surface area contributed by atoms with Gasteiger partial charge in [0.25, 0.3) is 0 Å². The van der Waals surface area contributed by atoms with Crippen molar-refractivity contribution in [3.05, 3.63) is 83.4 Å². The van der Waals surface area contributed by atoms with E-state index in [9.17, 15) is 0 Å². The summed E-state index contributed by atoms with van der Waals surface area (Å²) < 4.78 is 0.